The number of benzene rings is 2. The molecule has 0 saturated carbocycles. The van der Waals surface area contributed by atoms with E-state index in [0.29, 0.717) is 43.4 Å². The maximum atomic E-state index is 13.6. The number of piperidine rings is 1. The molecule has 2 aliphatic rings. The largest absolute Gasteiger partial charge is 0.369 e. The average molecular weight is 647 g/mol. The highest BCUT2D eigenvalue weighted by atomic mass is 35.5. The predicted molar refractivity (Wildman–Crippen MR) is 176 cm³/mol. The molecule has 2 amide bonds. The molecule has 12 heteroatoms. The Hall–Kier alpha value is -3.15. The molecule has 44 heavy (non-hydrogen) atoms. The van der Waals surface area contributed by atoms with E-state index in [2.05, 4.69) is 32.1 Å². The number of likely N-dealkylation sites (tertiary alicyclic amines) is 1. The fourth-order valence-corrected chi connectivity index (χ4v) is 7.91. The predicted octanol–water partition coefficient (Wildman–Crippen LogP) is 3.22. The molecule has 242 valence electrons. The molecule has 2 aliphatic heterocycles. The SMILES string of the molecule is CCCN1C(=O)[C@H](CCCN=C(N)NS(=O)(=O)c2c(C)cc(C)cc2C)NC(=O)C12CCN(CCc1ccccc1)CC2.Cl. The minimum Gasteiger partial charge on any atom is -0.369 e. The third-order valence-corrected chi connectivity index (χ3v) is 10.2. The first kappa shape index (κ1) is 35.3. The van der Waals surface area contributed by atoms with Crippen LogP contribution < -0.4 is 15.8 Å². The summed E-state index contributed by atoms with van der Waals surface area (Å²) in [5.74, 6) is -0.334. The van der Waals surface area contributed by atoms with Crippen molar-refractivity contribution in [1.82, 2.24) is 19.8 Å². The second-order valence-corrected chi connectivity index (χ2v) is 13.5. The minimum absolute atomic E-state index is 0. The number of hydrogen-bond acceptors (Lipinski definition) is 6. The molecule has 4 rings (SSSR count). The van der Waals surface area contributed by atoms with Gasteiger partial charge in [0, 0.05) is 32.7 Å². The Labute approximate surface area is 268 Å². The van der Waals surface area contributed by atoms with Gasteiger partial charge in [0.1, 0.15) is 11.6 Å². The lowest BCUT2D eigenvalue weighted by atomic mass is 9.81. The second-order valence-electron chi connectivity index (χ2n) is 11.9. The van der Waals surface area contributed by atoms with Crippen molar-refractivity contribution in [2.45, 2.75) is 82.7 Å². The summed E-state index contributed by atoms with van der Waals surface area (Å²) in [7, 11) is -3.89. The lowest BCUT2D eigenvalue weighted by Crippen LogP contribution is -2.72. The van der Waals surface area contributed by atoms with E-state index in [4.69, 9.17) is 5.73 Å². The normalized spacial score (nSPS) is 19.0. The fourth-order valence-electron chi connectivity index (χ4n) is 6.50. The molecule has 0 bridgehead atoms. The summed E-state index contributed by atoms with van der Waals surface area (Å²) < 4.78 is 28.3. The van der Waals surface area contributed by atoms with Gasteiger partial charge in [0.15, 0.2) is 0 Å². The van der Waals surface area contributed by atoms with E-state index in [1.165, 1.54) is 5.56 Å². The highest BCUT2D eigenvalue weighted by Crippen LogP contribution is 2.34. The van der Waals surface area contributed by atoms with Crippen molar-refractivity contribution in [3.05, 3.63) is 64.7 Å². The smallest absolute Gasteiger partial charge is 0.264 e. The van der Waals surface area contributed by atoms with Gasteiger partial charge in [0.25, 0.3) is 10.0 Å². The van der Waals surface area contributed by atoms with Gasteiger partial charge in [0.2, 0.25) is 17.8 Å². The van der Waals surface area contributed by atoms with Gasteiger partial charge in [-0.1, -0.05) is 55.0 Å². The summed E-state index contributed by atoms with van der Waals surface area (Å²) >= 11 is 0. The number of hydrogen-bond donors (Lipinski definition) is 3. The molecule has 2 saturated heterocycles. The molecule has 0 aliphatic carbocycles. The fraction of sp³-hybridized carbons (Fsp3) is 0.531. The van der Waals surface area contributed by atoms with Crippen LogP contribution in [0.1, 0.15) is 61.3 Å². The number of nitrogens with one attached hydrogen (secondary N) is 2. The van der Waals surface area contributed by atoms with Crippen LogP contribution in [0.15, 0.2) is 52.4 Å². The highest BCUT2D eigenvalue weighted by Gasteiger charge is 2.53. The number of aryl methyl sites for hydroxylation is 3. The van der Waals surface area contributed by atoms with Crippen LogP contribution in [-0.2, 0) is 26.0 Å². The van der Waals surface area contributed by atoms with Crippen molar-refractivity contribution in [3.63, 3.8) is 0 Å². The van der Waals surface area contributed by atoms with E-state index in [-0.39, 0.29) is 41.6 Å². The quantitative estimate of drug-likeness (QED) is 0.195. The van der Waals surface area contributed by atoms with E-state index in [0.717, 1.165) is 38.0 Å². The van der Waals surface area contributed by atoms with E-state index < -0.39 is 21.6 Å². The number of aliphatic imine (C=N–C) groups is 1. The topological polar surface area (TPSA) is 137 Å². The molecule has 10 nitrogen and oxygen atoms in total. The van der Waals surface area contributed by atoms with E-state index in [1.807, 2.05) is 49.1 Å². The van der Waals surface area contributed by atoms with E-state index in [9.17, 15) is 18.0 Å². The highest BCUT2D eigenvalue weighted by molar-refractivity contribution is 7.90. The van der Waals surface area contributed by atoms with Crippen molar-refractivity contribution in [3.8, 4) is 0 Å². The zero-order valence-corrected chi connectivity index (χ0v) is 27.9. The van der Waals surface area contributed by atoms with Crippen LogP contribution in [-0.4, -0.2) is 80.3 Å². The summed E-state index contributed by atoms with van der Waals surface area (Å²) in [5, 5.41) is 3.01. The molecule has 0 unspecified atom stereocenters. The third kappa shape index (κ3) is 8.11. The van der Waals surface area contributed by atoms with Crippen LogP contribution >= 0.6 is 12.4 Å². The Balaban J connectivity index is 0.00000529. The van der Waals surface area contributed by atoms with Crippen molar-refractivity contribution in [2.75, 3.05) is 32.7 Å². The monoisotopic (exact) mass is 646 g/mol. The van der Waals surface area contributed by atoms with Gasteiger partial charge in [-0.05, 0) is 76.0 Å². The molecule has 0 radical (unpaired) electrons. The summed E-state index contributed by atoms with van der Waals surface area (Å²) in [6.07, 6.45) is 3.82. The van der Waals surface area contributed by atoms with Crippen molar-refractivity contribution in [1.29, 1.82) is 0 Å². The average Bonchev–Trinajstić information content (AvgIpc) is 2.95. The number of guanidine groups is 1. The molecule has 2 heterocycles. The van der Waals surface area contributed by atoms with Crippen LogP contribution in [0.25, 0.3) is 0 Å². The van der Waals surface area contributed by atoms with Crippen molar-refractivity contribution >= 4 is 40.2 Å². The number of nitrogens with zero attached hydrogens (tertiary/aromatic N) is 3. The second kappa shape index (κ2) is 15.2. The van der Waals surface area contributed by atoms with Gasteiger partial charge in [-0.2, -0.15) is 0 Å². The summed E-state index contributed by atoms with van der Waals surface area (Å²) in [4.78, 5) is 35.8. The lowest BCUT2D eigenvalue weighted by Gasteiger charge is -2.51. The summed E-state index contributed by atoms with van der Waals surface area (Å²) in [6, 6.07) is 13.4. The number of amides is 2. The molecule has 4 N–H and O–H groups in total. The molecule has 2 aromatic carbocycles. The number of halogens is 1. The van der Waals surface area contributed by atoms with Gasteiger partial charge in [0.05, 0.1) is 4.90 Å². The van der Waals surface area contributed by atoms with E-state index >= 15 is 0 Å². The third-order valence-electron chi connectivity index (χ3n) is 8.54. The Bertz CT molecular complexity index is 1420. The maximum absolute atomic E-state index is 13.6. The van der Waals surface area contributed by atoms with Crippen molar-refractivity contribution in [2.24, 2.45) is 10.7 Å². The Morgan fingerprint density at radius 2 is 1.70 bits per heavy atom. The number of rotatable bonds is 11. The van der Waals surface area contributed by atoms with Gasteiger partial charge < -0.3 is 20.9 Å². The van der Waals surface area contributed by atoms with E-state index in [1.54, 1.807) is 13.8 Å². The van der Waals surface area contributed by atoms with Crippen LogP contribution in [0.4, 0.5) is 0 Å². The zero-order valence-electron chi connectivity index (χ0n) is 26.3. The van der Waals surface area contributed by atoms with Crippen LogP contribution in [0, 0.1) is 20.8 Å². The van der Waals surface area contributed by atoms with Gasteiger partial charge in [-0.25, -0.2) is 13.1 Å². The Morgan fingerprint density at radius 3 is 2.32 bits per heavy atom. The zero-order chi connectivity index (χ0) is 31.2. The van der Waals surface area contributed by atoms with Gasteiger partial charge in [-0.15, -0.1) is 12.4 Å². The standard InChI is InChI=1S/C32H46N6O4S.ClH/c1-5-17-38-29(39)27(12-9-16-34-31(33)36-43(41,42)28-24(3)21-23(2)22-25(28)4)35-30(40)32(38)14-19-37(20-15-32)18-13-26-10-7-6-8-11-26;/h6-8,10-11,21-22,27H,5,9,12-20H2,1-4H3,(H,35,40)(H3,33,34,36);1H/t27-;/m0./s1. The van der Waals surface area contributed by atoms with Crippen molar-refractivity contribution < 1.29 is 18.0 Å². The van der Waals surface area contributed by atoms with Gasteiger partial charge in [-0.3, -0.25) is 14.6 Å². The molecular weight excluding hydrogens is 600 g/mol. The van der Waals surface area contributed by atoms with Gasteiger partial charge >= 0.3 is 0 Å². The number of sulfonamides is 1. The molecule has 0 aromatic heterocycles. The first-order valence-electron chi connectivity index (χ1n) is 15.3. The maximum Gasteiger partial charge on any atom is 0.264 e. The summed E-state index contributed by atoms with van der Waals surface area (Å²) in [5.41, 5.74) is 8.67. The molecule has 1 atom stereocenters. The minimum atomic E-state index is -3.89. The Morgan fingerprint density at radius 1 is 1.07 bits per heavy atom. The number of carbonyl (C=O) groups is 2. The van der Waals surface area contributed by atoms with Crippen LogP contribution in [0.3, 0.4) is 0 Å². The van der Waals surface area contributed by atoms with Crippen LogP contribution in [0.2, 0.25) is 0 Å². The summed E-state index contributed by atoms with van der Waals surface area (Å²) in [6.45, 7) is 10.7. The lowest BCUT2D eigenvalue weighted by molar-refractivity contribution is -0.161. The molecule has 1 spiro atoms. The number of piperazine rings is 1. The molecule has 2 aromatic rings. The number of nitrogens with two attached hydrogens (primary N) is 1. The first-order chi connectivity index (χ1) is 20.5. The van der Waals surface area contributed by atoms with Crippen LogP contribution in [0.5, 0.6) is 0 Å². The molecule has 2 fully saturated rings. The first-order valence-corrected chi connectivity index (χ1v) is 16.7. The molecular formula is C32H47ClN6O4S. The number of carbonyl (C=O) groups excluding carboxylic acids is 2. The Kier molecular flexibility index (Phi) is 12.2.